The summed E-state index contributed by atoms with van der Waals surface area (Å²) in [5.41, 5.74) is 3.50. The number of benzene rings is 1. The number of aromatic nitrogens is 1. The topological polar surface area (TPSA) is 85.0 Å². The van der Waals surface area contributed by atoms with Crippen LogP contribution in [-0.2, 0) is 20.9 Å². The molecule has 34 heavy (non-hydrogen) atoms. The molecule has 1 atom stereocenters. The van der Waals surface area contributed by atoms with E-state index in [0.717, 1.165) is 16.5 Å². The zero-order chi connectivity index (χ0) is 24.2. The maximum Gasteiger partial charge on any atom is 0.306 e. The number of amides is 2. The van der Waals surface area contributed by atoms with Gasteiger partial charge >= 0.3 is 5.97 Å². The molecule has 8 nitrogen and oxygen atoms in total. The number of nitrogens with zero attached hydrogens (tertiary/aromatic N) is 3. The first-order valence-corrected chi connectivity index (χ1v) is 11.7. The highest BCUT2D eigenvalue weighted by atomic mass is 16.5. The predicted octanol–water partition coefficient (Wildman–Crippen LogP) is 3.61. The Morgan fingerprint density at radius 1 is 1.12 bits per heavy atom. The normalized spacial score (nSPS) is 16.1. The number of piperazine rings is 1. The number of hydrogen-bond acceptors (Lipinski definition) is 5. The van der Waals surface area contributed by atoms with Gasteiger partial charge < -0.3 is 23.5 Å². The van der Waals surface area contributed by atoms with E-state index in [0.29, 0.717) is 44.2 Å². The van der Waals surface area contributed by atoms with Crippen LogP contribution in [0.1, 0.15) is 48.3 Å². The number of furan rings is 1. The summed E-state index contributed by atoms with van der Waals surface area (Å²) in [7, 11) is 0. The maximum atomic E-state index is 13.6. The van der Waals surface area contributed by atoms with Gasteiger partial charge in [-0.2, -0.15) is 0 Å². The molecule has 0 N–H and O–H groups in total. The average molecular weight is 466 g/mol. The van der Waals surface area contributed by atoms with Crippen LogP contribution in [0.2, 0.25) is 0 Å². The number of aryl methyl sites for hydroxylation is 1. The second kappa shape index (κ2) is 10.2. The van der Waals surface area contributed by atoms with E-state index in [1.54, 1.807) is 23.0 Å². The Morgan fingerprint density at radius 2 is 1.94 bits per heavy atom. The summed E-state index contributed by atoms with van der Waals surface area (Å²) < 4.78 is 12.5. The number of carbonyl (C=O) groups is 3. The van der Waals surface area contributed by atoms with E-state index in [4.69, 9.17) is 9.15 Å². The Bertz CT molecular complexity index is 1190. The van der Waals surface area contributed by atoms with Crippen LogP contribution in [0.4, 0.5) is 0 Å². The summed E-state index contributed by atoms with van der Waals surface area (Å²) in [6, 6.07) is 11.8. The van der Waals surface area contributed by atoms with Crippen LogP contribution in [-0.4, -0.2) is 64.4 Å². The molecule has 1 aliphatic heterocycles. The van der Waals surface area contributed by atoms with Gasteiger partial charge in [0.25, 0.3) is 5.91 Å². The van der Waals surface area contributed by atoms with Crippen molar-refractivity contribution in [2.45, 2.75) is 46.2 Å². The quantitative estimate of drug-likeness (QED) is 0.498. The third-order valence-corrected chi connectivity index (χ3v) is 6.23. The fraction of sp³-hybridized carbons (Fsp3) is 0.423. The SMILES string of the molecule is CCOC(=O)CCC(=O)N1CCN(C(=O)c2cc3ccoc3n2Cc2cccc(C)c2)C[C@@H]1C. The molecule has 2 amide bonds. The van der Waals surface area contributed by atoms with Gasteiger partial charge in [-0.1, -0.05) is 29.8 Å². The van der Waals surface area contributed by atoms with Gasteiger partial charge in [0.2, 0.25) is 11.6 Å². The monoisotopic (exact) mass is 465 g/mol. The van der Waals surface area contributed by atoms with E-state index in [9.17, 15) is 14.4 Å². The number of hydrogen-bond donors (Lipinski definition) is 0. The molecule has 1 aliphatic rings. The summed E-state index contributed by atoms with van der Waals surface area (Å²) in [4.78, 5) is 41.3. The molecule has 0 saturated carbocycles. The third kappa shape index (κ3) is 5.00. The number of esters is 1. The number of fused-ring (bicyclic) bond motifs is 1. The van der Waals surface area contributed by atoms with Crippen molar-refractivity contribution in [1.82, 2.24) is 14.4 Å². The Hall–Kier alpha value is -3.55. The van der Waals surface area contributed by atoms with Gasteiger partial charge in [0, 0.05) is 37.5 Å². The van der Waals surface area contributed by atoms with Crippen molar-refractivity contribution in [3.05, 3.63) is 59.5 Å². The molecule has 3 heterocycles. The standard InChI is InChI=1S/C26H31N3O5/c1-4-33-24(31)9-8-23(30)28-12-11-27(16-19(28)3)25(32)22-15-21-10-13-34-26(21)29(22)17-20-7-5-6-18(2)14-20/h5-7,10,13-15,19H,4,8-9,11-12,16-17H2,1-3H3/t19-/m0/s1. The highest BCUT2D eigenvalue weighted by Crippen LogP contribution is 2.25. The first kappa shape index (κ1) is 23.6. The van der Waals surface area contributed by atoms with Gasteiger partial charge in [0.1, 0.15) is 5.69 Å². The summed E-state index contributed by atoms with van der Waals surface area (Å²) >= 11 is 0. The van der Waals surface area contributed by atoms with Gasteiger partial charge in [-0.15, -0.1) is 0 Å². The van der Waals surface area contributed by atoms with Crippen molar-refractivity contribution in [2.75, 3.05) is 26.2 Å². The Labute approximate surface area is 199 Å². The molecule has 0 aliphatic carbocycles. The average Bonchev–Trinajstić information content (AvgIpc) is 3.40. The van der Waals surface area contributed by atoms with Crippen molar-refractivity contribution in [3.63, 3.8) is 0 Å². The molecule has 0 radical (unpaired) electrons. The van der Waals surface area contributed by atoms with Crippen molar-refractivity contribution < 1.29 is 23.5 Å². The molecule has 2 aromatic heterocycles. The molecule has 1 fully saturated rings. The molecule has 4 rings (SSSR count). The van der Waals surface area contributed by atoms with Gasteiger partial charge in [0.15, 0.2) is 0 Å². The van der Waals surface area contributed by atoms with Crippen LogP contribution in [0.25, 0.3) is 11.1 Å². The van der Waals surface area contributed by atoms with E-state index in [2.05, 4.69) is 6.07 Å². The molecule has 8 heteroatoms. The lowest BCUT2D eigenvalue weighted by Crippen LogP contribution is -2.55. The molecule has 0 unspecified atom stereocenters. The number of ether oxygens (including phenoxy) is 1. The van der Waals surface area contributed by atoms with E-state index < -0.39 is 0 Å². The van der Waals surface area contributed by atoms with E-state index in [1.165, 1.54) is 0 Å². The van der Waals surface area contributed by atoms with E-state index in [1.807, 2.05) is 48.7 Å². The molecule has 0 bridgehead atoms. The Kier molecular flexibility index (Phi) is 7.05. The van der Waals surface area contributed by atoms with Crippen molar-refractivity contribution in [1.29, 1.82) is 0 Å². The summed E-state index contributed by atoms with van der Waals surface area (Å²) in [5, 5.41) is 0.886. The molecule has 3 aromatic rings. The predicted molar refractivity (Wildman–Crippen MR) is 127 cm³/mol. The minimum absolute atomic E-state index is 0.0735. The van der Waals surface area contributed by atoms with Gasteiger partial charge in [-0.05, 0) is 38.5 Å². The van der Waals surface area contributed by atoms with Crippen LogP contribution < -0.4 is 0 Å². The first-order valence-electron chi connectivity index (χ1n) is 11.7. The lowest BCUT2D eigenvalue weighted by molar-refractivity contribution is -0.146. The second-order valence-corrected chi connectivity index (χ2v) is 8.78. The molecular formula is C26H31N3O5. The van der Waals surface area contributed by atoms with E-state index >= 15 is 0 Å². The highest BCUT2D eigenvalue weighted by molar-refractivity contribution is 5.98. The molecule has 180 valence electrons. The van der Waals surface area contributed by atoms with Crippen LogP contribution in [0.5, 0.6) is 0 Å². The number of carbonyl (C=O) groups excluding carboxylic acids is 3. The van der Waals surface area contributed by atoms with Gasteiger partial charge in [-0.3, -0.25) is 14.4 Å². The van der Waals surface area contributed by atoms with E-state index in [-0.39, 0.29) is 36.7 Å². The van der Waals surface area contributed by atoms with Crippen LogP contribution in [0, 0.1) is 6.92 Å². The third-order valence-electron chi connectivity index (χ3n) is 6.23. The van der Waals surface area contributed by atoms with Gasteiger partial charge in [0.05, 0.1) is 25.8 Å². The minimum Gasteiger partial charge on any atom is -0.466 e. The lowest BCUT2D eigenvalue weighted by Gasteiger charge is -2.40. The zero-order valence-corrected chi connectivity index (χ0v) is 20.0. The van der Waals surface area contributed by atoms with Crippen molar-refractivity contribution in [2.24, 2.45) is 0 Å². The van der Waals surface area contributed by atoms with Crippen LogP contribution >= 0.6 is 0 Å². The Morgan fingerprint density at radius 3 is 2.68 bits per heavy atom. The summed E-state index contributed by atoms with van der Waals surface area (Å²) in [6.45, 7) is 7.85. The molecular weight excluding hydrogens is 434 g/mol. The smallest absolute Gasteiger partial charge is 0.306 e. The highest BCUT2D eigenvalue weighted by Gasteiger charge is 2.32. The van der Waals surface area contributed by atoms with Crippen LogP contribution in [0.15, 0.2) is 47.1 Å². The molecule has 0 spiro atoms. The lowest BCUT2D eigenvalue weighted by atomic mass is 10.1. The first-order chi connectivity index (χ1) is 16.4. The largest absolute Gasteiger partial charge is 0.466 e. The summed E-state index contributed by atoms with van der Waals surface area (Å²) in [5.74, 6) is -0.534. The molecule has 1 saturated heterocycles. The summed E-state index contributed by atoms with van der Waals surface area (Å²) in [6.07, 6.45) is 1.82. The molecule has 1 aromatic carbocycles. The van der Waals surface area contributed by atoms with Crippen molar-refractivity contribution >= 4 is 28.9 Å². The Balaban J connectivity index is 1.47. The fourth-order valence-electron chi connectivity index (χ4n) is 4.56. The minimum atomic E-state index is -0.365. The number of rotatable bonds is 7. The zero-order valence-electron chi connectivity index (χ0n) is 20.0. The van der Waals surface area contributed by atoms with Crippen molar-refractivity contribution in [3.8, 4) is 0 Å². The van der Waals surface area contributed by atoms with Gasteiger partial charge in [-0.25, -0.2) is 0 Å². The fourth-order valence-corrected chi connectivity index (χ4v) is 4.56. The maximum absolute atomic E-state index is 13.6. The second-order valence-electron chi connectivity index (χ2n) is 8.78. The van der Waals surface area contributed by atoms with Crippen LogP contribution in [0.3, 0.4) is 0 Å².